The van der Waals surface area contributed by atoms with Gasteiger partial charge in [0.1, 0.15) is 0 Å². The zero-order valence-corrected chi connectivity index (χ0v) is 17.7. The summed E-state index contributed by atoms with van der Waals surface area (Å²) in [6.07, 6.45) is 35.9. The average Bonchev–Trinajstić information content (AvgIpc) is 2.63. The Morgan fingerprint density at radius 1 is 0.320 bits per heavy atom. The van der Waals surface area contributed by atoms with Crippen LogP contribution >= 0.6 is 0 Å². The third-order valence-corrected chi connectivity index (χ3v) is 5.02. The molecule has 0 N–H and O–H groups in total. The molecule has 0 atom stereocenters. The molecule has 0 rings (SSSR count). The first-order chi connectivity index (χ1) is 12.4. The molecule has 0 unspecified atom stereocenters. The molecule has 0 heteroatoms. The van der Waals surface area contributed by atoms with Gasteiger partial charge >= 0.3 is 0 Å². The lowest BCUT2D eigenvalue weighted by atomic mass is 10.1. The predicted molar refractivity (Wildman–Crippen MR) is 117 cm³/mol. The van der Waals surface area contributed by atoms with Crippen LogP contribution in [0.1, 0.15) is 136 Å². The molecule has 0 radical (unpaired) electrons. The van der Waals surface area contributed by atoms with Crippen molar-refractivity contribution >= 4 is 0 Å². The highest BCUT2D eigenvalue weighted by Crippen LogP contribution is 2.11. The molecule has 0 nitrogen and oxygen atoms in total. The quantitative estimate of drug-likeness (QED) is 0.152. The van der Waals surface area contributed by atoms with Crippen molar-refractivity contribution in [3.8, 4) is 0 Å². The zero-order chi connectivity index (χ0) is 18.3. The van der Waals surface area contributed by atoms with Crippen LogP contribution < -0.4 is 0 Å². The second-order valence-electron chi connectivity index (χ2n) is 7.69. The molecule has 0 saturated heterocycles. The molecule has 0 spiro atoms. The number of hydrogen-bond donors (Lipinski definition) is 0. The third-order valence-electron chi connectivity index (χ3n) is 5.02. The Bertz CT molecular complexity index is 274. The minimum absolute atomic E-state index is 1.30. The molecule has 0 aliphatic carbocycles. The summed E-state index contributed by atoms with van der Waals surface area (Å²) in [5.74, 6) is 0. The smallest absolute Gasteiger partial charge is 0.0351 e. The van der Waals surface area contributed by atoms with Gasteiger partial charge in [0.05, 0.1) is 0 Å². The molecule has 25 heavy (non-hydrogen) atoms. The van der Waals surface area contributed by atoms with Crippen LogP contribution in [-0.4, -0.2) is 0 Å². The van der Waals surface area contributed by atoms with E-state index in [9.17, 15) is 0 Å². The Labute approximate surface area is 160 Å². The van der Waals surface area contributed by atoms with Crippen molar-refractivity contribution in [2.75, 3.05) is 0 Å². The fourth-order valence-electron chi connectivity index (χ4n) is 3.26. The Morgan fingerprint density at radius 2 is 0.560 bits per heavy atom. The van der Waals surface area contributed by atoms with Gasteiger partial charge in [-0.3, -0.25) is 0 Å². The van der Waals surface area contributed by atoms with Crippen LogP contribution in [0.25, 0.3) is 0 Å². The molecule has 0 aliphatic rings. The summed E-state index contributed by atoms with van der Waals surface area (Å²) in [5, 5.41) is 0. The molecular formula is C25H48. The van der Waals surface area contributed by atoms with Gasteiger partial charge in [-0.05, 0) is 51.4 Å². The van der Waals surface area contributed by atoms with Crippen LogP contribution in [-0.2, 0) is 0 Å². The number of allylic oxidation sites excluding steroid dienone is 4. The maximum atomic E-state index is 2.42. The van der Waals surface area contributed by atoms with E-state index < -0.39 is 0 Å². The highest BCUT2D eigenvalue weighted by atomic mass is 14.0. The molecule has 0 heterocycles. The summed E-state index contributed by atoms with van der Waals surface area (Å²) >= 11 is 0. The van der Waals surface area contributed by atoms with Gasteiger partial charge in [-0.1, -0.05) is 109 Å². The number of rotatable bonds is 20. The highest BCUT2D eigenvalue weighted by Gasteiger charge is 1.91. The standard InChI is InChI=1S/C25H48/c1-3-5-7-9-11-13-15-17-19-21-23-25-24-22-20-18-16-14-12-10-8-6-4-2/h13,15-16,18H,3-12,14,17,19-25H2,1-2H3/b15-13-,18-16-. The van der Waals surface area contributed by atoms with E-state index >= 15 is 0 Å². The van der Waals surface area contributed by atoms with E-state index in [2.05, 4.69) is 38.2 Å². The predicted octanol–water partition coefficient (Wildman–Crippen LogP) is 9.55. The third kappa shape index (κ3) is 23.5. The minimum atomic E-state index is 1.30. The van der Waals surface area contributed by atoms with Crippen LogP contribution in [0, 0.1) is 0 Å². The van der Waals surface area contributed by atoms with Crippen molar-refractivity contribution in [2.45, 2.75) is 136 Å². The Balaban J connectivity index is 3.10. The monoisotopic (exact) mass is 348 g/mol. The molecule has 0 aromatic carbocycles. The topological polar surface area (TPSA) is 0 Å². The van der Waals surface area contributed by atoms with Gasteiger partial charge in [0.25, 0.3) is 0 Å². The largest absolute Gasteiger partial charge is 0.0885 e. The summed E-state index contributed by atoms with van der Waals surface area (Å²) in [5.41, 5.74) is 0. The van der Waals surface area contributed by atoms with E-state index in [1.807, 2.05) is 0 Å². The molecule has 0 bridgehead atoms. The maximum Gasteiger partial charge on any atom is -0.0351 e. The van der Waals surface area contributed by atoms with Crippen LogP contribution in [0.3, 0.4) is 0 Å². The molecule has 0 aromatic heterocycles. The average molecular weight is 349 g/mol. The first-order valence-electron chi connectivity index (χ1n) is 11.7. The van der Waals surface area contributed by atoms with Gasteiger partial charge in [-0.25, -0.2) is 0 Å². The van der Waals surface area contributed by atoms with E-state index in [0.29, 0.717) is 0 Å². The lowest BCUT2D eigenvalue weighted by molar-refractivity contribution is 0.599. The van der Waals surface area contributed by atoms with E-state index in [4.69, 9.17) is 0 Å². The molecule has 0 fully saturated rings. The maximum absolute atomic E-state index is 2.42. The van der Waals surface area contributed by atoms with Crippen LogP contribution in [0.2, 0.25) is 0 Å². The summed E-state index contributed by atoms with van der Waals surface area (Å²) in [7, 11) is 0. The van der Waals surface area contributed by atoms with E-state index in [1.54, 1.807) is 0 Å². The zero-order valence-electron chi connectivity index (χ0n) is 17.7. The van der Waals surface area contributed by atoms with Crippen LogP contribution in [0.5, 0.6) is 0 Å². The molecular weight excluding hydrogens is 300 g/mol. The van der Waals surface area contributed by atoms with E-state index in [1.165, 1.54) is 122 Å². The first kappa shape index (κ1) is 24.5. The Morgan fingerprint density at radius 3 is 0.880 bits per heavy atom. The van der Waals surface area contributed by atoms with Crippen LogP contribution in [0.4, 0.5) is 0 Å². The van der Waals surface area contributed by atoms with Crippen molar-refractivity contribution in [2.24, 2.45) is 0 Å². The Hall–Kier alpha value is -0.520. The summed E-state index contributed by atoms with van der Waals surface area (Å²) in [4.78, 5) is 0. The normalized spacial score (nSPS) is 11.9. The van der Waals surface area contributed by atoms with Gasteiger partial charge in [0.2, 0.25) is 0 Å². The summed E-state index contributed by atoms with van der Waals surface area (Å²) < 4.78 is 0. The van der Waals surface area contributed by atoms with Crippen molar-refractivity contribution in [1.29, 1.82) is 0 Å². The van der Waals surface area contributed by atoms with Crippen molar-refractivity contribution < 1.29 is 0 Å². The fourth-order valence-corrected chi connectivity index (χ4v) is 3.26. The molecule has 0 aromatic rings. The molecule has 0 aliphatic heterocycles. The first-order valence-corrected chi connectivity index (χ1v) is 11.7. The second kappa shape index (κ2) is 23.5. The van der Waals surface area contributed by atoms with Gasteiger partial charge < -0.3 is 0 Å². The van der Waals surface area contributed by atoms with Crippen molar-refractivity contribution in [3.05, 3.63) is 24.3 Å². The molecule has 0 amide bonds. The second-order valence-corrected chi connectivity index (χ2v) is 7.69. The van der Waals surface area contributed by atoms with Crippen molar-refractivity contribution in [1.82, 2.24) is 0 Å². The fraction of sp³-hybridized carbons (Fsp3) is 0.840. The number of hydrogen-bond acceptors (Lipinski definition) is 0. The lowest BCUT2D eigenvalue weighted by Crippen LogP contribution is -1.80. The molecule has 0 saturated carbocycles. The van der Waals surface area contributed by atoms with E-state index in [-0.39, 0.29) is 0 Å². The Kier molecular flexibility index (Phi) is 23.0. The lowest BCUT2D eigenvalue weighted by Gasteiger charge is -2.00. The highest BCUT2D eigenvalue weighted by molar-refractivity contribution is 4.82. The number of unbranched alkanes of at least 4 members (excludes halogenated alkanes) is 16. The summed E-state index contributed by atoms with van der Waals surface area (Å²) in [6, 6.07) is 0. The van der Waals surface area contributed by atoms with Gasteiger partial charge in [0, 0.05) is 0 Å². The SMILES string of the molecule is CCCCCC/C=C\CCCCCCCC/C=C\CCCCCCC. The minimum Gasteiger partial charge on any atom is -0.0885 e. The van der Waals surface area contributed by atoms with Gasteiger partial charge in [-0.15, -0.1) is 0 Å². The van der Waals surface area contributed by atoms with Gasteiger partial charge in [0.15, 0.2) is 0 Å². The van der Waals surface area contributed by atoms with E-state index in [0.717, 1.165) is 0 Å². The van der Waals surface area contributed by atoms with Crippen molar-refractivity contribution in [3.63, 3.8) is 0 Å². The summed E-state index contributed by atoms with van der Waals surface area (Å²) in [6.45, 7) is 4.57. The van der Waals surface area contributed by atoms with Gasteiger partial charge in [-0.2, -0.15) is 0 Å². The van der Waals surface area contributed by atoms with Crippen LogP contribution in [0.15, 0.2) is 24.3 Å². The molecule has 148 valence electrons.